The molecule has 2 rings (SSSR count). The van der Waals surface area contributed by atoms with Gasteiger partial charge in [-0.1, -0.05) is 6.07 Å². The molecule has 0 amide bonds. The largest absolute Gasteiger partial charge is 0.312 e. The number of nitrogens with zero attached hydrogens (tertiary/aromatic N) is 4. The van der Waals surface area contributed by atoms with Crippen molar-refractivity contribution in [2.24, 2.45) is 0 Å². The predicted molar refractivity (Wildman–Crippen MR) is 67.7 cm³/mol. The Balaban J connectivity index is 2.70. The fraction of sp³-hybridized carbons (Fsp3) is 0. The standard InChI is InChI=1S/C10H5IN4O2/c11-8-5-13-14(6-8)9-3-1-2-7(4-12)10(9)15(16)17/h1-3,5-6H. The van der Waals surface area contributed by atoms with Crippen LogP contribution in [0, 0.1) is 25.0 Å². The van der Waals surface area contributed by atoms with E-state index in [0.29, 0.717) is 0 Å². The summed E-state index contributed by atoms with van der Waals surface area (Å²) in [5.41, 5.74) is 0.0875. The van der Waals surface area contributed by atoms with Crippen molar-refractivity contribution in [3.8, 4) is 11.8 Å². The number of aromatic nitrogens is 2. The SMILES string of the molecule is N#Cc1cccc(-n2cc(I)cn2)c1[N+](=O)[O-]. The van der Waals surface area contributed by atoms with Gasteiger partial charge in [0, 0.05) is 6.20 Å². The molecule has 0 aliphatic carbocycles. The molecular weight excluding hydrogens is 335 g/mol. The van der Waals surface area contributed by atoms with E-state index < -0.39 is 4.92 Å². The van der Waals surface area contributed by atoms with E-state index in [0.717, 1.165) is 3.57 Å². The van der Waals surface area contributed by atoms with Crippen LogP contribution in [0.4, 0.5) is 5.69 Å². The number of hydrogen-bond donors (Lipinski definition) is 0. The van der Waals surface area contributed by atoms with E-state index in [4.69, 9.17) is 5.26 Å². The molecule has 2 aromatic rings. The van der Waals surface area contributed by atoms with Gasteiger partial charge in [0.1, 0.15) is 17.3 Å². The number of hydrogen-bond acceptors (Lipinski definition) is 4. The molecule has 0 atom stereocenters. The maximum absolute atomic E-state index is 11.0. The summed E-state index contributed by atoms with van der Waals surface area (Å²) in [5.74, 6) is 0. The van der Waals surface area contributed by atoms with Gasteiger partial charge < -0.3 is 0 Å². The molecule has 1 aromatic heterocycles. The lowest BCUT2D eigenvalue weighted by Crippen LogP contribution is -2.02. The van der Waals surface area contributed by atoms with Crippen LogP contribution in [-0.2, 0) is 0 Å². The number of rotatable bonds is 2. The number of para-hydroxylation sites is 1. The number of nitriles is 1. The highest BCUT2D eigenvalue weighted by Crippen LogP contribution is 2.26. The van der Waals surface area contributed by atoms with E-state index >= 15 is 0 Å². The Morgan fingerprint density at radius 1 is 1.53 bits per heavy atom. The quantitative estimate of drug-likeness (QED) is 0.477. The maximum Gasteiger partial charge on any atom is 0.312 e. The van der Waals surface area contributed by atoms with Crippen molar-refractivity contribution in [1.29, 1.82) is 5.26 Å². The van der Waals surface area contributed by atoms with E-state index in [1.807, 2.05) is 6.07 Å². The van der Waals surface area contributed by atoms with Crippen LogP contribution in [0.2, 0.25) is 0 Å². The van der Waals surface area contributed by atoms with Crippen LogP contribution in [0.3, 0.4) is 0 Å². The van der Waals surface area contributed by atoms with Gasteiger partial charge in [-0.2, -0.15) is 10.4 Å². The lowest BCUT2D eigenvalue weighted by molar-refractivity contribution is -0.384. The summed E-state index contributed by atoms with van der Waals surface area (Å²) in [7, 11) is 0. The van der Waals surface area contributed by atoms with Gasteiger partial charge in [-0.25, -0.2) is 4.68 Å². The Hall–Kier alpha value is -1.95. The Morgan fingerprint density at radius 3 is 2.82 bits per heavy atom. The lowest BCUT2D eigenvalue weighted by Gasteiger charge is -2.03. The van der Waals surface area contributed by atoms with Gasteiger partial charge in [0.2, 0.25) is 0 Å². The molecule has 1 heterocycles. The molecule has 0 aliphatic rings. The summed E-state index contributed by atoms with van der Waals surface area (Å²) in [6.07, 6.45) is 3.24. The van der Waals surface area contributed by atoms with Gasteiger partial charge >= 0.3 is 5.69 Å². The van der Waals surface area contributed by atoms with Crippen molar-refractivity contribution in [3.05, 3.63) is 49.8 Å². The third-order valence-electron chi connectivity index (χ3n) is 2.12. The van der Waals surface area contributed by atoms with Gasteiger partial charge in [-0.05, 0) is 34.7 Å². The fourth-order valence-corrected chi connectivity index (χ4v) is 1.82. The molecule has 0 aliphatic heterocycles. The monoisotopic (exact) mass is 340 g/mol. The highest BCUT2D eigenvalue weighted by atomic mass is 127. The minimum absolute atomic E-state index is 0.0259. The van der Waals surface area contributed by atoms with E-state index in [-0.39, 0.29) is 16.9 Å². The average molecular weight is 340 g/mol. The second-order valence-electron chi connectivity index (χ2n) is 3.15. The van der Waals surface area contributed by atoms with Crippen molar-refractivity contribution in [2.75, 3.05) is 0 Å². The summed E-state index contributed by atoms with van der Waals surface area (Å²) in [5, 5.41) is 23.9. The minimum Gasteiger partial charge on any atom is -0.258 e. The smallest absolute Gasteiger partial charge is 0.258 e. The zero-order valence-electron chi connectivity index (χ0n) is 8.37. The van der Waals surface area contributed by atoms with Crippen molar-refractivity contribution < 1.29 is 4.92 Å². The second-order valence-corrected chi connectivity index (χ2v) is 4.39. The summed E-state index contributed by atoms with van der Waals surface area (Å²) >= 11 is 2.06. The third-order valence-corrected chi connectivity index (χ3v) is 2.67. The molecule has 0 bridgehead atoms. The average Bonchev–Trinajstić information content (AvgIpc) is 2.74. The highest BCUT2D eigenvalue weighted by molar-refractivity contribution is 14.1. The first-order valence-corrected chi connectivity index (χ1v) is 5.59. The van der Waals surface area contributed by atoms with Gasteiger partial charge in [0.15, 0.2) is 0 Å². The van der Waals surface area contributed by atoms with Crippen LogP contribution in [0.25, 0.3) is 5.69 Å². The molecule has 0 saturated heterocycles. The molecule has 84 valence electrons. The number of nitro benzene ring substituents is 1. The fourth-order valence-electron chi connectivity index (χ4n) is 1.43. The summed E-state index contributed by atoms with van der Waals surface area (Å²) in [6.45, 7) is 0. The van der Waals surface area contributed by atoms with E-state index in [9.17, 15) is 10.1 Å². The van der Waals surface area contributed by atoms with Crippen LogP contribution < -0.4 is 0 Å². The zero-order valence-corrected chi connectivity index (χ0v) is 10.5. The first kappa shape index (κ1) is 11.5. The topological polar surface area (TPSA) is 84.8 Å². The van der Waals surface area contributed by atoms with Crippen molar-refractivity contribution in [3.63, 3.8) is 0 Å². The summed E-state index contributed by atoms with van der Waals surface area (Å²) < 4.78 is 2.25. The Kier molecular flexibility index (Phi) is 3.06. The molecule has 0 fully saturated rings. The van der Waals surface area contributed by atoms with Crippen LogP contribution in [0.15, 0.2) is 30.6 Å². The van der Waals surface area contributed by atoms with E-state index in [1.54, 1.807) is 24.5 Å². The number of halogens is 1. The van der Waals surface area contributed by atoms with Gasteiger partial charge in [0.05, 0.1) is 14.7 Å². The predicted octanol–water partition coefficient (Wildman–Crippen LogP) is 2.26. The summed E-state index contributed by atoms with van der Waals surface area (Å²) in [4.78, 5) is 10.4. The first-order valence-electron chi connectivity index (χ1n) is 4.51. The highest BCUT2D eigenvalue weighted by Gasteiger charge is 2.21. The second kappa shape index (κ2) is 4.50. The Labute approximate surface area is 110 Å². The maximum atomic E-state index is 11.0. The van der Waals surface area contributed by atoms with Crippen LogP contribution in [-0.4, -0.2) is 14.7 Å². The van der Waals surface area contributed by atoms with Gasteiger partial charge in [0.25, 0.3) is 0 Å². The normalized spacial score (nSPS) is 9.88. The molecule has 0 radical (unpaired) electrons. The number of benzene rings is 1. The molecule has 0 N–H and O–H groups in total. The molecule has 0 spiro atoms. The Morgan fingerprint density at radius 2 is 2.29 bits per heavy atom. The third kappa shape index (κ3) is 2.12. The summed E-state index contributed by atoms with van der Waals surface area (Å²) in [6, 6.07) is 6.37. The zero-order chi connectivity index (χ0) is 12.4. The molecule has 6 nitrogen and oxygen atoms in total. The van der Waals surface area contributed by atoms with Crippen molar-refractivity contribution in [2.45, 2.75) is 0 Å². The number of nitro groups is 1. The molecule has 1 aromatic carbocycles. The molecule has 17 heavy (non-hydrogen) atoms. The molecule has 7 heteroatoms. The van der Waals surface area contributed by atoms with Gasteiger partial charge in [-0.15, -0.1) is 0 Å². The van der Waals surface area contributed by atoms with Gasteiger partial charge in [-0.3, -0.25) is 10.1 Å². The Bertz CT molecular complexity index is 629. The molecular formula is C10H5IN4O2. The van der Waals surface area contributed by atoms with Crippen LogP contribution in [0.1, 0.15) is 5.56 Å². The minimum atomic E-state index is -0.567. The van der Waals surface area contributed by atoms with Crippen LogP contribution in [0.5, 0.6) is 0 Å². The van der Waals surface area contributed by atoms with Crippen molar-refractivity contribution >= 4 is 28.3 Å². The van der Waals surface area contributed by atoms with Crippen LogP contribution >= 0.6 is 22.6 Å². The van der Waals surface area contributed by atoms with Crippen molar-refractivity contribution in [1.82, 2.24) is 9.78 Å². The molecule has 0 saturated carbocycles. The molecule has 0 unspecified atom stereocenters. The van der Waals surface area contributed by atoms with E-state index in [1.165, 1.54) is 10.7 Å². The first-order chi connectivity index (χ1) is 8.13. The lowest BCUT2D eigenvalue weighted by atomic mass is 10.1. The van der Waals surface area contributed by atoms with E-state index in [2.05, 4.69) is 27.7 Å².